The Morgan fingerprint density at radius 3 is 1.00 bits per heavy atom. The van der Waals surface area contributed by atoms with E-state index in [0.29, 0.717) is 6.17 Å². The van der Waals surface area contributed by atoms with Crippen molar-refractivity contribution in [2.45, 2.75) is 155 Å². The van der Waals surface area contributed by atoms with Crippen LogP contribution in [0.4, 0.5) is 0 Å². The number of nitrogens with one attached hydrogen (secondary N) is 2. The molecule has 0 fully saturated rings. The molecule has 0 unspecified atom stereocenters. The summed E-state index contributed by atoms with van der Waals surface area (Å²) >= 11 is 0. The van der Waals surface area contributed by atoms with Crippen LogP contribution in [0.2, 0.25) is 0 Å². The summed E-state index contributed by atoms with van der Waals surface area (Å²) in [6.45, 7) is 9.06. The Morgan fingerprint density at radius 2 is 0.724 bits per heavy atom. The van der Waals surface area contributed by atoms with Gasteiger partial charge in [-0.1, -0.05) is 136 Å². The van der Waals surface area contributed by atoms with Gasteiger partial charge >= 0.3 is 0 Å². The molecule has 0 saturated carbocycles. The highest BCUT2D eigenvalue weighted by atomic mass is 15.1. The molecule has 1 radical (unpaired) electrons. The minimum atomic E-state index is 0.395. The van der Waals surface area contributed by atoms with Gasteiger partial charge in [0.05, 0.1) is 6.17 Å². The molecule has 0 heterocycles. The summed E-state index contributed by atoms with van der Waals surface area (Å²) in [5.74, 6) is 0. The van der Waals surface area contributed by atoms with Gasteiger partial charge in [0.1, 0.15) is 0 Å². The minimum absolute atomic E-state index is 0.395. The summed E-state index contributed by atoms with van der Waals surface area (Å²) in [5.41, 5.74) is 0. The monoisotopic (exact) mass is 409 g/mol. The Kier molecular flexibility index (Phi) is 25.9. The molecule has 0 aliphatic rings. The van der Waals surface area contributed by atoms with Crippen molar-refractivity contribution < 1.29 is 0 Å². The van der Waals surface area contributed by atoms with E-state index in [1.807, 2.05) is 0 Å². The normalized spacial score (nSPS) is 11.6. The fraction of sp³-hybridized carbons (Fsp3) is 0.963. The topological polar surface area (TPSA) is 24.1 Å². The van der Waals surface area contributed by atoms with Gasteiger partial charge in [0.25, 0.3) is 0 Å². The van der Waals surface area contributed by atoms with Crippen molar-refractivity contribution in [3.63, 3.8) is 0 Å². The molecule has 0 aliphatic carbocycles. The summed E-state index contributed by atoms with van der Waals surface area (Å²) in [6, 6.07) is 0. The summed E-state index contributed by atoms with van der Waals surface area (Å²) < 4.78 is 0. The Labute approximate surface area is 185 Å². The molecule has 2 N–H and O–H groups in total. The largest absolute Gasteiger partial charge is 0.302 e. The van der Waals surface area contributed by atoms with Crippen LogP contribution in [0.3, 0.4) is 0 Å². The van der Waals surface area contributed by atoms with Crippen LogP contribution < -0.4 is 10.6 Å². The molecule has 0 aromatic carbocycles. The van der Waals surface area contributed by atoms with Crippen LogP contribution in [0.1, 0.15) is 149 Å². The molecule has 0 aliphatic heterocycles. The molecule has 0 amide bonds. The molecule has 0 rings (SSSR count). The Hall–Kier alpha value is -0.0800. The summed E-state index contributed by atoms with van der Waals surface area (Å²) in [7, 11) is 0. The van der Waals surface area contributed by atoms with Crippen molar-refractivity contribution in [1.29, 1.82) is 0 Å². The molecular formula is C27H57N2. The minimum Gasteiger partial charge on any atom is -0.302 e. The Morgan fingerprint density at radius 1 is 0.448 bits per heavy atom. The predicted octanol–water partition coefficient (Wildman–Crippen LogP) is 8.56. The molecule has 0 aromatic rings. The third-order valence-electron chi connectivity index (χ3n) is 6.12. The SMILES string of the molecule is C[CH]C(NCCCCCCCCCCCC)NCCCCCCCCCCCC. The van der Waals surface area contributed by atoms with Crippen molar-refractivity contribution in [2.24, 2.45) is 0 Å². The lowest BCUT2D eigenvalue weighted by atomic mass is 10.1. The second kappa shape index (κ2) is 26.0. The predicted molar refractivity (Wildman–Crippen MR) is 133 cm³/mol. The highest BCUT2D eigenvalue weighted by Gasteiger charge is 2.03. The van der Waals surface area contributed by atoms with Gasteiger partial charge in [-0.3, -0.25) is 0 Å². The van der Waals surface area contributed by atoms with Gasteiger partial charge in [-0.05, 0) is 32.4 Å². The van der Waals surface area contributed by atoms with Gasteiger partial charge in [0.15, 0.2) is 0 Å². The smallest absolute Gasteiger partial charge is 0.0601 e. The van der Waals surface area contributed by atoms with E-state index in [-0.39, 0.29) is 0 Å². The molecule has 0 saturated heterocycles. The fourth-order valence-corrected chi connectivity index (χ4v) is 4.05. The maximum absolute atomic E-state index is 3.66. The number of rotatable bonds is 25. The first-order chi connectivity index (χ1) is 14.3. The first-order valence-corrected chi connectivity index (χ1v) is 13.6. The number of hydrogen-bond donors (Lipinski definition) is 2. The molecule has 2 heteroatoms. The van der Waals surface area contributed by atoms with Crippen LogP contribution in [0, 0.1) is 6.42 Å². The average molecular weight is 410 g/mol. The molecule has 0 bridgehead atoms. The van der Waals surface area contributed by atoms with Crippen molar-refractivity contribution in [2.75, 3.05) is 13.1 Å². The van der Waals surface area contributed by atoms with Crippen molar-refractivity contribution in [1.82, 2.24) is 10.6 Å². The van der Waals surface area contributed by atoms with Gasteiger partial charge in [-0.2, -0.15) is 0 Å². The maximum atomic E-state index is 3.66. The Balaban J connectivity index is 3.27. The van der Waals surface area contributed by atoms with E-state index >= 15 is 0 Å². The standard InChI is InChI=1S/C27H57N2/c1-4-7-9-11-13-15-17-19-21-23-25-28-27(6-3)29-26-24-22-20-18-16-14-12-10-8-5-2/h6,27-29H,4-5,7-26H2,1-3H3. The first kappa shape index (κ1) is 28.9. The van der Waals surface area contributed by atoms with Crippen LogP contribution in [0.25, 0.3) is 0 Å². The van der Waals surface area contributed by atoms with E-state index < -0.39 is 0 Å². The first-order valence-electron chi connectivity index (χ1n) is 13.6. The van der Waals surface area contributed by atoms with Crippen LogP contribution in [-0.4, -0.2) is 19.3 Å². The van der Waals surface area contributed by atoms with Gasteiger partial charge < -0.3 is 10.6 Å². The molecule has 0 aromatic heterocycles. The molecule has 2 nitrogen and oxygen atoms in total. The number of hydrogen-bond acceptors (Lipinski definition) is 2. The lowest BCUT2D eigenvalue weighted by Crippen LogP contribution is -2.43. The van der Waals surface area contributed by atoms with E-state index in [0.717, 1.165) is 13.1 Å². The zero-order chi connectivity index (χ0) is 21.3. The average Bonchev–Trinajstić information content (AvgIpc) is 2.74. The highest BCUT2D eigenvalue weighted by Crippen LogP contribution is 2.11. The summed E-state index contributed by atoms with van der Waals surface area (Å²) in [5, 5.41) is 7.33. The molecule has 0 atom stereocenters. The zero-order valence-electron chi connectivity index (χ0n) is 20.7. The highest BCUT2D eigenvalue weighted by molar-refractivity contribution is 4.76. The van der Waals surface area contributed by atoms with E-state index in [9.17, 15) is 0 Å². The molecule has 175 valence electrons. The summed E-state index contributed by atoms with van der Waals surface area (Å²) in [4.78, 5) is 0. The third-order valence-corrected chi connectivity index (χ3v) is 6.12. The Bertz CT molecular complexity index is 254. The van der Waals surface area contributed by atoms with Crippen LogP contribution in [0.15, 0.2) is 0 Å². The van der Waals surface area contributed by atoms with Crippen molar-refractivity contribution in [3.05, 3.63) is 6.42 Å². The molecule has 29 heavy (non-hydrogen) atoms. The maximum Gasteiger partial charge on any atom is 0.0601 e. The van der Waals surface area contributed by atoms with E-state index in [4.69, 9.17) is 0 Å². The third kappa shape index (κ3) is 24.1. The quantitative estimate of drug-likeness (QED) is 0.116. The van der Waals surface area contributed by atoms with Gasteiger partial charge in [-0.15, -0.1) is 0 Å². The van der Waals surface area contributed by atoms with Crippen molar-refractivity contribution >= 4 is 0 Å². The number of unbranched alkanes of at least 4 members (excludes halogenated alkanes) is 18. The lowest BCUT2D eigenvalue weighted by Gasteiger charge is -2.18. The van der Waals surface area contributed by atoms with E-state index in [2.05, 4.69) is 37.8 Å². The van der Waals surface area contributed by atoms with E-state index in [1.54, 1.807) is 0 Å². The van der Waals surface area contributed by atoms with Crippen LogP contribution in [-0.2, 0) is 0 Å². The second-order valence-corrected chi connectivity index (χ2v) is 9.08. The fourth-order valence-electron chi connectivity index (χ4n) is 4.05. The zero-order valence-corrected chi connectivity index (χ0v) is 20.7. The van der Waals surface area contributed by atoms with Gasteiger partial charge in [-0.25, -0.2) is 0 Å². The van der Waals surface area contributed by atoms with Gasteiger partial charge in [0.2, 0.25) is 0 Å². The van der Waals surface area contributed by atoms with Gasteiger partial charge in [0, 0.05) is 0 Å². The molecule has 0 spiro atoms. The van der Waals surface area contributed by atoms with Crippen LogP contribution >= 0.6 is 0 Å². The van der Waals surface area contributed by atoms with Crippen LogP contribution in [0.5, 0.6) is 0 Å². The second-order valence-electron chi connectivity index (χ2n) is 9.08. The summed E-state index contributed by atoms with van der Waals surface area (Å²) in [6.07, 6.45) is 31.0. The molecular weight excluding hydrogens is 352 g/mol. The van der Waals surface area contributed by atoms with E-state index in [1.165, 1.54) is 128 Å². The van der Waals surface area contributed by atoms with Crippen molar-refractivity contribution in [3.8, 4) is 0 Å². The lowest BCUT2D eigenvalue weighted by molar-refractivity contribution is 0.443.